The van der Waals surface area contributed by atoms with Crippen molar-refractivity contribution in [1.82, 2.24) is 4.90 Å². The third-order valence-electron chi connectivity index (χ3n) is 4.17. The third-order valence-corrected chi connectivity index (χ3v) is 4.17. The van der Waals surface area contributed by atoms with Crippen LogP contribution in [0.4, 0.5) is 4.79 Å². The quantitative estimate of drug-likeness (QED) is 0.731. The van der Waals surface area contributed by atoms with Gasteiger partial charge in [-0.05, 0) is 52.4 Å². The molecule has 2 fully saturated rings. The molecule has 1 saturated carbocycles. The maximum absolute atomic E-state index is 12.0. The summed E-state index contributed by atoms with van der Waals surface area (Å²) in [5.41, 5.74) is -0.371. The molecule has 0 aromatic rings. The fourth-order valence-electron chi connectivity index (χ4n) is 2.94. The van der Waals surface area contributed by atoms with Gasteiger partial charge in [-0.25, -0.2) is 4.79 Å². The van der Waals surface area contributed by atoms with Crippen molar-refractivity contribution in [3.05, 3.63) is 0 Å². The molecule has 1 heterocycles. The van der Waals surface area contributed by atoms with Crippen molar-refractivity contribution in [2.45, 2.75) is 52.6 Å². The van der Waals surface area contributed by atoms with Crippen LogP contribution in [0.2, 0.25) is 0 Å². The van der Waals surface area contributed by atoms with Gasteiger partial charge in [0.25, 0.3) is 0 Å². The van der Waals surface area contributed by atoms with Crippen LogP contribution < -0.4 is 0 Å². The minimum Gasteiger partial charge on any atom is -0.466 e. The van der Waals surface area contributed by atoms with Crippen LogP contribution >= 0.6 is 0 Å². The van der Waals surface area contributed by atoms with Gasteiger partial charge in [0.05, 0.1) is 12.5 Å². The fraction of sp³-hybridized carbons (Fsp3) is 0.867. The molecule has 2 aliphatic rings. The van der Waals surface area contributed by atoms with Crippen LogP contribution in [-0.4, -0.2) is 42.3 Å². The Morgan fingerprint density at radius 2 is 1.85 bits per heavy atom. The zero-order valence-electron chi connectivity index (χ0n) is 12.9. The van der Waals surface area contributed by atoms with Crippen molar-refractivity contribution in [3.63, 3.8) is 0 Å². The second-order valence-electron chi connectivity index (χ2n) is 6.84. The SMILES string of the molecule is CCOC(=O)[C@H]1CC12CCN(C(=O)OC(C)(C)C)CC2. The highest BCUT2D eigenvalue weighted by Gasteiger charge is 2.59. The maximum atomic E-state index is 12.0. The molecule has 1 atom stereocenters. The Morgan fingerprint density at radius 3 is 2.35 bits per heavy atom. The number of rotatable bonds is 2. The monoisotopic (exact) mass is 283 g/mol. The molecule has 114 valence electrons. The van der Waals surface area contributed by atoms with Gasteiger partial charge in [0, 0.05) is 13.1 Å². The number of ether oxygens (including phenoxy) is 2. The van der Waals surface area contributed by atoms with E-state index in [9.17, 15) is 9.59 Å². The number of hydrogen-bond donors (Lipinski definition) is 0. The first-order chi connectivity index (χ1) is 9.27. The van der Waals surface area contributed by atoms with Crippen molar-refractivity contribution < 1.29 is 19.1 Å². The number of carbonyl (C=O) groups excluding carboxylic acids is 2. The van der Waals surface area contributed by atoms with Crippen molar-refractivity contribution >= 4 is 12.1 Å². The van der Waals surface area contributed by atoms with Crippen molar-refractivity contribution in [1.29, 1.82) is 0 Å². The first-order valence-electron chi connectivity index (χ1n) is 7.42. The average molecular weight is 283 g/mol. The molecule has 0 aromatic carbocycles. The number of esters is 1. The number of likely N-dealkylation sites (tertiary alicyclic amines) is 1. The Labute approximate surface area is 120 Å². The molecular weight excluding hydrogens is 258 g/mol. The Kier molecular flexibility index (Phi) is 3.98. The molecule has 0 radical (unpaired) electrons. The lowest BCUT2D eigenvalue weighted by Gasteiger charge is -2.34. The molecule has 0 N–H and O–H groups in total. The topological polar surface area (TPSA) is 55.8 Å². The predicted molar refractivity (Wildman–Crippen MR) is 74.2 cm³/mol. The van der Waals surface area contributed by atoms with Crippen LogP contribution in [0, 0.1) is 11.3 Å². The van der Waals surface area contributed by atoms with Crippen molar-refractivity contribution in [2.75, 3.05) is 19.7 Å². The molecular formula is C15H25NO4. The van der Waals surface area contributed by atoms with E-state index in [1.165, 1.54) is 0 Å². The van der Waals surface area contributed by atoms with Crippen LogP contribution in [-0.2, 0) is 14.3 Å². The van der Waals surface area contributed by atoms with Crippen LogP contribution in [0.3, 0.4) is 0 Å². The van der Waals surface area contributed by atoms with E-state index >= 15 is 0 Å². The molecule has 0 bridgehead atoms. The van der Waals surface area contributed by atoms with E-state index in [1.54, 1.807) is 4.90 Å². The third kappa shape index (κ3) is 3.25. The first-order valence-corrected chi connectivity index (χ1v) is 7.42. The van der Waals surface area contributed by atoms with E-state index in [4.69, 9.17) is 9.47 Å². The highest BCUT2D eigenvalue weighted by molar-refractivity contribution is 5.77. The van der Waals surface area contributed by atoms with Crippen LogP contribution in [0.5, 0.6) is 0 Å². The largest absolute Gasteiger partial charge is 0.466 e. The zero-order chi connectivity index (χ0) is 15.0. The van der Waals surface area contributed by atoms with E-state index in [2.05, 4.69) is 0 Å². The molecule has 5 heteroatoms. The molecule has 2 rings (SSSR count). The minimum absolute atomic E-state index is 0.0447. The molecule has 1 amide bonds. The van der Waals surface area contributed by atoms with Gasteiger partial charge in [-0.15, -0.1) is 0 Å². The summed E-state index contributed by atoms with van der Waals surface area (Å²) in [6.45, 7) is 9.22. The summed E-state index contributed by atoms with van der Waals surface area (Å²) in [6, 6.07) is 0. The highest BCUT2D eigenvalue weighted by atomic mass is 16.6. The first kappa shape index (κ1) is 15.1. The number of amides is 1. The highest BCUT2D eigenvalue weighted by Crippen LogP contribution is 2.59. The van der Waals surface area contributed by atoms with E-state index in [0.717, 1.165) is 19.3 Å². The summed E-state index contributed by atoms with van der Waals surface area (Å²) in [5.74, 6) is -0.0264. The zero-order valence-corrected chi connectivity index (χ0v) is 12.9. The van der Waals surface area contributed by atoms with Gasteiger partial charge in [0.15, 0.2) is 0 Å². The fourth-order valence-corrected chi connectivity index (χ4v) is 2.94. The molecule has 20 heavy (non-hydrogen) atoms. The molecule has 1 aliphatic carbocycles. The second-order valence-corrected chi connectivity index (χ2v) is 6.84. The molecule has 1 spiro atoms. The van der Waals surface area contributed by atoms with E-state index in [-0.39, 0.29) is 23.4 Å². The molecule has 1 aliphatic heterocycles. The second kappa shape index (κ2) is 5.26. The van der Waals surface area contributed by atoms with Crippen molar-refractivity contribution in [2.24, 2.45) is 11.3 Å². The summed E-state index contributed by atoms with van der Waals surface area (Å²) in [7, 11) is 0. The van der Waals surface area contributed by atoms with Gasteiger partial charge in [-0.1, -0.05) is 0 Å². The number of hydrogen-bond acceptors (Lipinski definition) is 4. The Balaban J connectivity index is 1.82. The van der Waals surface area contributed by atoms with Crippen LogP contribution in [0.1, 0.15) is 47.0 Å². The van der Waals surface area contributed by atoms with Gasteiger partial charge in [0.1, 0.15) is 5.60 Å². The lowest BCUT2D eigenvalue weighted by Crippen LogP contribution is -2.42. The molecule has 5 nitrogen and oxygen atoms in total. The lowest BCUT2D eigenvalue weighted by atomic mass is 9.91. The summed E-state index contributed by atoms with van der Waals surface area (Å²) in [6.07, 6.45) is 2.40. The summed E-state index contributed by atoms with van der Waals surface area (Å²) < 4.78 is 10.5. The molecule has 0 aromatic heterocycles. The Hall–Kier alpha value is -1.26. The average Bonchev–Trinajstić information content (AvgIpc) is 3.02. The number of carbonyl (C=O) groups is 2. The molecule has 0 unspecified atom stereocenters. The predicted octanol–water partition coefficient (Wildman–Crippen LogP) is 2.59. The van der Waals surface area contributed by atoms with Crippen molar-refractivity contribution in [3.8, 4) is 0 Å². The summed E-state index contributed by atoms with van der Waals surface area (Å²) in [4.78, 5) is 25.5. The van der Waals surface area contributed by atoms with E-state index in [1.807, 2.05) is 27.7 Å². The lowest BCUT2D eigenvalue weighted by molar-refractivity contribution is -0.145. The normalized spacial score (nSPS) is 24.4. The van der Waals surface area contributed by atoms with Gasteiger partial charge >= 0.3 is 12.1 Å². The molecule has 1 saturated heterocycles. The van der Waals surface area contributed by atoms with Gasteiger partial charge in [0.2, 0.25) is 0 Å². The van der Waals surface area contributed by atoms with Gasteiger partial charge in [-0.2, -0.15) is 0 Å². The minimum atomic E-state index is -0.459. The van der Waals surface area contributed by atoms with E-state index in [0.29, 0.717) is 19.7 Å². The van der Waals surface area contributed by atoms with Crippen LogP contribution in [0.15, 0.2) is 0 Å². The van der Waals surface area contributed by atoms with Crippen LogP contribution in [0.25, 0.3) is 0 Å². The Bertz CT molecular complexity index is 391. The number of piperidine rings is 1. The summed E-state index contributed by atoms with van der Waals surface area (Å²) >= 11 is 0. The van der Waals surface area contributed by atoms with E-state index < -0.39 is 5.60 Å². The van der Waals surface area contributed by atoms with Gasteiger partial charge in [-0.3, -0.25) is 4.79 Å². The maximum Gasteiger partial charge on any atom is 0.410 e. The number of nitrogens with zero attached hydrogens (tertiary/aromatic N) is 1. The standard InChI is InChI=1S/C15H25NO4/c1-5-19-12(17)11-10-15(11)6-8-16(9-7-15)13(18)20-14(2,3)4/h11H,5-10H2,1-4H3/t11-/m1/s1. The Morgan fingerprint density at radius 1 is 1.25 bits per heavy atom. The summed E-state index contributed by atoms with van der Waals surface area (Å²) in [5, 5.41) is 0. The smallest absolute Gasteiger partial charge is 0.410 e. The van der Waals surface area contributed by atoms with Gasteiger partial charge < -0.3 is 14.4 Å².